The van der Waals surface area contributed by atoms with Crippen LogP contribution in [-0.4, -0.2) is 26.9 Å². The Hall–Kier alpha value is -2.66. The molecule has 1 unspecified atom stereocenters. The fourth-order valence-electron chi connectivity index (χ4n) is 4.68. The highest BCUT2D eigenvalue weighted by atomic mass is 35.5. The largest absolute Gasteiger partial charge is 0.333 e. The van der Waals surface area contributed by atoms with E-state index in [0.717, 1.165) is 32.1 Å². The van der Waals surface area contributed by atoms with Crippen LogP contribution in [0.4, 0.5) is 0 Å². The number of benzene rings is 2. The van der Waals surface area contributed by atoms with Crippen molar-refractivity contribution in [2.24, 2.45) is 0 Å². The molecule has 0 aliphatic carbocycles. The minimum Gasteiger partial charge on any atom is -0.333 e. The number of aromatic nitrogens is 2. The minimum atomic E-state index is -0.345. The summed E-state index contributed by atoms with van der Waals surface area (Å²) in [6, 6.07) is 14.3. The molecule has 0 saturated heterocycles. The van der Waals surface area contributed by atoms with E-state index in [2.05, 4.69) is 13.8 Å². The Bertz CT molecular complexity index is 1170. The highest BCUT2D eigenvalue weighted by Crippen LogP contribution is 2.25. The maximum atomic E-state index is 13.7. The lowest BCUT2D eigenvalue weighted by Gasteiger charge is -2.31. The van der Waals surface area contributed by atoms with Gasteiger partial charge < -0.3 is 4.90 Å². The molecule has 0 radical (unpaired) electrons. The normalized spacial score (nSPS) is 12.1. The van der Waals surface area contributed by atoms with Gasteiger partial charge in [-0.05, 0) is 56.2 Å². The maximum Gasteiger partial charge on any atom is 0.266 e. The second-order valence-corrected chi connectivity index (χ2v) is 10.0. The monoisotopic (exact) mass is 509 g/mol. The van der Waals surface area contributed by atoms with Crippen molar-refractivity contribution >= 4 is 28.4 Å². The SMILES string of the molecule is CCCCCCCCC(=O)N(CCCCC)C(C)c1nc2ccccc2c(=O)n1-c1ccc(Cl)cc1. The third-order valence-corrected chi connectivity index (χ3v) is 7.05. The van der Waals surface area contributed by atoms with Gasteiger partial charge in [-0.25, -0.2) is 4.98 Å². The van der Waals surface area contributed by atoms with E-state index in [4.69, 9.17) is 16.6 Å². The molecule has 6 heteroatoms. The Kier molecular flexibility index (Phi) is 11.0. The maximum absolute atomic E-state index is 13.7. The van der Waals surface area contributed by atoms with Crippen LogP contribution in [0.15, 0.2) is 53.3 Å². The summed E-state index contributed by atoms with van der Waals surface area (Å²) < 4.78 is 1.65. The van der Waals surface area contributed by atoms with E-state index in [1.165, 1.54) is 25.7 Å². The molecule has 0 fully saturated rings. The first-order valence-corrected chi connectivity index (χ1v) is 13.9. The van der Waals surface area contributed by atoms with E-state index >= 15 is 0 Å². The smallest absolute Gasteiger partial charge is 0.266 e. The lowest BCUT2D eigenvalue weighted by molar-refractivity contribution is -0.133. The predicted octanol–water partition coefficient (Wildman–Crippen LogP) is 7.87. The van der Waals surface area contributed by atoms with E-state index in [-0.39, 0.29) is 17.5 Å². The molecule has 36 heavy (non-hydrogen) atoms. The van der Waals surface area contributed by atoms with Gasteiger partial charge in [-0.15, -0.1) is 0 Å². The number of halogens is 1. The summed E-state index contributed by atoms with van der Waals surface area (Å²) in [4.78, 5) is 34.0. The summed E-state index contributed by atoms with van der Waals surface area (Å²) in [6.45, 7) is 7.03. The van der Waals surface area contributed by atoms with Crippen LogP contribution in [-0.2, 0) is 4.79 Å². The number of nitrogens with zero attached hydrogens (tertiary/aromatic N) is 3. The number of para-hydroxylation sites is 1. The average Bonchev–Trinajstić information content (AvgIpc) is 2.89. The molecular weight excluding hydrogens is 470 g/mol. The predicted molar refractivity (Wildman–Crippen MR) is 150 cm³/mol. The van der Waals surface area contributed by atoms with Gasteiger partial charge in [-0.1, -0.05) is 82.5 Å². The summed E-state index contributed by atoms with van der Waals surface area (Å²) in [6.07, 6.45) is 10.5. The first-order valence-electron chi connectivity index (χ1n) is 13.5. The van der Waals surface area contributed by atoms with E-state index in [9.17, 15) is 9.59 Å². The van der Waals surface area contributed by atoms with Gasteiger partial charge in [0.05, 0.1) is 22.6 Å². The average molecular weight is 510 g/mol. The second kappa shape index (κ2) is 14.2. The van der Waals surface area contributed by atoms with Crippen LogP contribution < -0.4 is 5.56 Å². The highest BCUT2D eigenvalue weighted by molar-refractivity contribution is 6.30. The van der Waals surface area contributed by atoms with Crippen LogP contribution in [0.5, 0.6) is 0 Å². The molecular formula is C30H40ClN3O2. The molecule has 5 nitrogen and oxygen atoms in total. The number of hydrogen-bond donors (Lipinski definition) is 0. The summed E-state index contributed by atoms with van der Waals surface area (Å²) in [5.41, 5.74) is 1.20. The molecule has 1 amide bonds. The fourth-order valence-corrected chi connectivity index (χ4v) is 4.80. The van der Waals surface area contributed by atoms with Gasteiger partial charge >= 0.3 is 0 Å². The zero-order chi connectivity index (χ0) is 25.9. The highest BCUT2D eigenvalue weighted by Gasteiger charge is 2.26. The number of hydrogen-bond acceptors (Lipinski definition) is 3. The lowest BCUT2D eigenvalue weighted by atomic mass is 10.1. The molecule has 0 aliphatic heterocycles. The molecule has 1 aromatic heterocycles. The Balaban J connectivity index is 1.96. The Morgan fingerprint density at radius 2 is 1.56 bits per heavy atom. The van der Waals surface area contributed by atoms with Crippen LogP contribution in [0.3, 0.4) is 0 Å². The van der Waals surface area contributed by atoms with Crippen molar-refractivity contribution < 1.29 is 4.79 Å². The van der Waals surface area contributed by atoms with Crippen LogP contribution in [0.1, 0.15) is 96.8 Å². The third-order valence-electron chi connectivity index (χ3n) is 6.79. The van der Waals surface area contributed by atoms with E-state index in [1.807, 2.05) is 42.2 Å². The summed E-state index contributed by atoms with van der Waals surface area (Å²) in [5.74, 6) is 0.716. The Morgan fingerprint density at radius 1 is 0.917 bits per heavy atom. The van der Waals surface area contributed by atoms with Gasteiger partial charge in [0.1, 0.15) is 5.82 Å². The molecule has 1 atom stereocenters. The number of fused-ring (bicyclic) bond motifs is 1. The summed E-state index contributed by atoms with van der Waals surface area (Å²) >= 11 is 6.13. The van der Waals surface area contributed by atoms with E-state index in [1.54, 1.807) is 22.8 Å². The van der Waals surface area contributed by atoms with E-state index in [0.29, 0.717) is 40.4 Å². The standard InChI is InChI=1S/C30H40ClN3O2/c1-4-6-8-9-10-11-17-28(35)33(22-14-7-5-2)23(3)29-32-27-16-13-12-15-26(27)30(36)34(29)25-20-18-24(31)19-21-25/h12-13,15-16,18-21,23H,4-11,14,17,22H2,1-3H3. The minimum absolute atomic E-state index is 0.137. The Morgan fingerprint density at radius 3 is 2.28 bits per heavy atom. The number of carbonyl (C=O) groups excluding carboxylic acids is 1. The molecule has 3 rings (SSSR count). The molecule has 3 aromatic rings. The zero-order valence-corrected chi connectivity index (χ0v) is 22.8. The van der Waals surface area contributed by atoms with Crippen LogP contribution in [0, 0.1) is 0 Å². The molecule has 0 bridgehead atoms. The van der Waals surface area contributed by atoms with Gasteiger partial charge in [-0.3, -0.25) is 14.2 Å². The summed E-state index contributed by atoms with van der Waals surface area (Å²) in [7, 11) is 0. The molecule has 0 saturated carbocycles. The van der Waals surface area contributed by atoms with Gasteiger partial charge in [0, 0.05) is 18.0 Å². The quantitative estimate of drug-likeness (QED) is 0.208. The van der Waals surface area contributed by atoms with Crippen molar-refractivity contribution in [1.29, 1.82) is 0 Å². The second-order valence-electron chi connectivity index (χ2n) is 9.59. The fraction of sp³-hybridized carbons (Fsp3) is 0.500. The first-order chi connectivity index (χ1) is 17.5. The van der Waals surface area contributed by atoms with Crippen molar-refractivity contribution in [2.45, 2.75) is 91.0 Å². The van der Waals surface area contributed by atoms with Crippen molar-refractivity contribution in [3.8, 4) is 5.69 Å². The number of carbonyl (C=O) groups is 1. The number of unbranched alkanes of at least 4 members (excludes halogenated alkanes) is 7. The van der Waals surface area contributed by atoms with Crippen molar-refractivity contribution in [2.75, 3.05) is 6.54 Å². The van der Waals surface area contributed by atoms with Crippen LogP contribution >= 0.6 is 11.6 Å². The first kappa shape index (κ1) is 27.9. The molecule has 1 heterocycles. The zero-order valence-electron chi connectivity index (χ0n) is 22.0. The molecule has 2 aromatic carbocycles. The number of rotatable bonds is 14. The van der Waals surface area contributed by atoms with Crippen molar-refractivity contribution in [3.05, 3.63) is 69.7 Å². The van der Waals surface area contributed by atoms with Gasteiger partial charge in [-0.2, -0.15) is 0 Å². The molecule has 194 valence electrons. The molecule has 0 aliphatic rings. The molecule has 0 spiro atoms. The summed E-state index contributed by atoms with van der Waals surface area (Å²) in [5, 5.41) is 1.16. The van der Waals surface area contributed by atoms with Crippen molar-refractivity contribution in [1.82, 2.24) is 14.5 Å². The topological polar surface area (TPSA) is 55.2 Å². The molecule has 0 N–H and O–H groups in total. The van der Waals surface area contributed by atoms with Crippen molar-refractivity contribution in [3.63, 3.8) is 0 Å². The Labute approximate surface area is 220 Å². The van der Waals surface area contributed by atoms with E-state index < -0.39 is 0 Å². The third kappa shape index (κ3) is 7.19. The number of amides is 1. The van der Waals surface area contributed by atoms with Gasteiger partial charge in [0.2, 0.25) is 5.91 Å². The van der Waals surface area contributed by atoms with Crippen LogP contribution in [0.25, 0.3) is 16.6 Å². The van der Waals surface area contributed by atoms with Crippen LogP contribution in [0.2, 0.25) is 5.02 Å². The lowest BCUT2D eigenvalue weighted by Crippen LogP contribution is -2.38. The van der Waals surface area contributed by atoms with Gasteiger partial charge in [0.15, 0.2) is 0 Å². The van der Waals surface area contributed by atoms with Gasteiger partial charge in [0.25, 0.3) is 5.56 Å².